The van der Waals surface area contributed by atoms with Crippen LogP contribution < -0.4 is 10.5 Å². The van der Waals surface area contributed by atoms with Gasteiger partial charge in [0.1, 0.15) is 5.75 Å². The number of carbonyl (C=O) groups is 1. The summed E-state index contributed by atoms with van der Waals surface area (Å²) in [7, 11) is 0. The lowest BCUT2D eigenvalue weighted by molar-refractivity contribution is 0.100. The Morgan fingerprint density at radius 2 is 2.05 bits per heavy atom. The molecule has 2 aromatic rings. The lowest BCUT2D eigenvalue weighted by atomic mass is 9.93. The van der Waals surface area contributed by atoms with Crippen molar-refractivity contribution in [1.82, 2.24) is 0 Å². The zero-order chi connectivity index (χ0) is 15.7. The summed E-state index contributed by atoms with van der Waals surface area (Å²) in [5.41, 5.74) is 8.50. The van der Waals surface area contributed by atoms with E-state index >= 15 is 0 Å². The van der Waals surface area contributed by atoms with Gasteiger partial charge in [-0.15, -0.1) is 0 Å². The zero-order valence-corrected chi connectivity index (χ0v) is 13.7. The first-order valence-corrected chi connectivity index (χ1v) is 8.19. The highest BCUT2D eigenvalue weighted by atomic mass is 32.1. The van der Waals surface area contributed by atoms with Crippen LogP contribution >= 0.6 is 11.3 Å². The first-order chi connectivity index (χ1) is 10.6. The van der Waals surface area contributed by atoms with Crippen molar-refractivity contribution in [3.63, 3.8) is 0 Å². The maximum absolute atomic E-state index is 11.7. The van der Waals surface area contributed by atoms with Crippen molar-refractivity contribution >= 4 is 34.8 Å². The molecule has 22 heavy (non-hydrogen) atoms. The van der Waals surface area contributed by atoms with Crippen LogP contribution in [0.5, 0.6) is 10.8 Å². The summed E-state index contributed by atoms with van der Waals surface area (Å²) in [6, 6.07) is 9.50. The molecule has 1 heterocycles. The number of primary amides is 1. The highest BCUT2D eigenvalue weighted by molar-refractivity contribution is 7.70. The van der Waals surface area contributed by atoms with Gasteiger partial charge in [-0.2, -0.15) is 0 Å². The van der Waals surface area contributed by atoms with Crippen molar-refractivity contribution in [2.45, 2.75) is 12.8 Å². The van der Waals surface area contributed by atoms with Gasteiger partial charge in [0.15, 0.2) is 9.97 Å². The summed E-state index contributed by atoms with van der Waals surface area (Å²) in [6.45, 7) is 3.85. The molecule has 112 valence electrons. The number of hydrogen-bond acceptors (Lipinski definition) is 3. The maximum Gasteiger partial charge on any atom is 0.259 e. The number of amides is 1. The van der Waals surface area contributed by atoms with Gasteiger partial charge in [0, 0.05) is 5.57 Å². The minimum atomic E-state index is -0.411. The molecule has 3 rings (SSSR count). The van der Waals surface area contributed by atoms with Gasteiger partial charge in [-0.3, -0.25) is 4.79 Å². The molecule has 0 saturated heterocycles. The Morgan fingerprint density at radius 1 is 1.32 bits per heavy atom. The third kappa shape index (κ3) is 2.58. The Balaban J connectivity index is 2.14. The van der Waals surface area contributed by atoms with Crippen molar-refractivity contribution in [1.29, 1.82) is 0 Å². The number of benzene rings is 1. The average molecular weight is 330 g/mol. The molecule has 1 aromatic carbocycles. The molecule has 1 aromatic heterocycles. The normalized spacial score (nSPS) is 13.7. The summed E-state index contributed by atoms with van der Waals surface area (Å²) in [5, 5.41) is 0.680. The SMILES string of the molecule is C=CC1=C([SH2+])c2c(Oc3ccccc3)sc(C(N)=O)c2CC1. The van der Waals surface area contributed by atoms with E-state index in [2.05, 4.69) is 19.2 Å². The topological polar surface area (TPSA) is 52.3 Å². The zero-order valence-electron chi connectivity index (χ0n) is 11.9. The largest absolute Gasteiger partial charge is 0.446 e. The number of hydrogen-bond donors (Lipinski definition) is 1. The number of allylic oxidation sites excluding steroid dienone is 2. The maximum atomic E-state index is 11.7. The van der Waals surface area contributed by atoms with E-state index in [1.807, 2.05) is 36.4 Å². The number of nitrogens with two attached hydrogens (primary N) is 1. The van der Waals surface area contributed by atoms with Crippen LogP contribution in [0.4, 0.5) is 0 Å². The predicted molar refractivity (Wildman–Crippen MR) is 94.9 cm³/mol. The molecule has 2 N–H and O–H groups in total. The Labute approximate surface area is 138 Å². The Kier molecular flexibility index (Phi) is 4.09. The fraction of sp³-hybridized carbons (Fsp3) is 0.118. The third-order valence-corrected chi connectivity index (χ3v) is 5.31. The van der Waals surface area contributed by atoms with Crippen molar-refractivity contribution < 1.29 is 9.53 Å². The van der Waals surface area contributed by atoms with E-state index in [0.717, 1.165) is 40.2 Å². The van der Waals surface area contributed by atoms with E-state index in [1.165, 1.54) is 11.3 Å². The van der Waals surface area contributed by atoms with Crippen LogP contribution in [0, 0.1) is 0 Å². The Morgan fingerprint density at radius 3 is 2.68 bits per heavy atom. The van der Waals surface area contributed by atoms with Crippen molar-refractivity contribution in [3.05, 3.63) is 64.6 Å². The summed E-state index contributed by atoms with van der Waals surface area (Å²) < 4.78 is 5.98. The molecular formula is C17H16NO2S2+. The molecule has 0 aliphatic heterocycles. The molecule has 0 spiro atoms. The summed E-state index contributed by atoms with van der Waals surface area (Å²) >= 11 is 4.98. The van der Waals surface area contributed by atoms with Gasteiger partial charge in [0.2, 0.25) is 0 Å². The lowest BCUT2D eigenvalue weighted by Crippen LogP contribution is -2.13. The molecular weight excluding hydrogens is 314 g/mol. The molecule has 0 saturated carbocycles. The highest BCUT2D eigenvalue weighted by Gasteiger charge is 2.31. The standard InChI is InChI=1S/C17H15NO2S2/c1-2-10-8-9-12-13(14(10)21)17(22-15(12)16(18)19)20-11-6-4-3-5-7-11/h2-7,21H,1,8-9H2,(H2,18,19)/p+1. The van der Waals surface area contributed by atoms with E-state index < -0.39 is 5.91 Å². The fourth-order valence-corrected chi connectivity index (χ4v) is 4.21. The van der Waals surface area contributed by atoms with Crippen LogP contribution in [0.1, 0.15) is 27.2 Å². The van der Waals surface area contributed by atoms with Gasteiger partial charge in [0.05, 0.1) is 10.4 Å². The first kappa shape index (κ1) is 14.9. The summed E-state index contributed by atoms with van der Waals surface area (Å²) in [6.07, 6.45) is 3.42. The number of rotatable bonds is 4. The molecule has 3 nitrogen and oxygen atoms in total. The van der Waals surface area contributed by atoms with Crippen molar-refractivity contribution in [3.8, 4) is 10.8 Å². The van der Waals surface area contributed by atoms with Crippen LogP contribution in [-0.2, 0) is 19.0 Å². The number of para-hydroxylation sites is 1. The average Bonchev–Trinajstić information content (AvgIpc) is 2.88. The van der Waals surface area contributed by atoms with Crippen LogP contribution in [-0.4, -0.2) is 5.91 Å². The first-order valence-electron chi connectivity index (χ1n) is 6.87. The predicted octanol–water partition coefficient (Wildman–Crippen LogP) is 3.49. The van der Waals surface area contributed by atoms with Crippen LogP contribution in [0.3, 0.4) is 0 Å². The Hall–Kier alpha value is -1.98. The molecule has 0 unspecified atom stereocenters. The van der Waals surface area contributed by atoms with Crippen LogP contribution in [0.25, 0.3) is 4.91 Å². The molecule has 0 bridgehead atoms. The molecule has 0 atom stereocenters. The highest BCUT2D eigenvalue weighted by Crippen LogP contribution is 2.46. The lowest BCUT2D eigenvalue weighted by Gasteiger charge is -2.13. The van der Waals surface area contributed by atoms with Crippen molar-refractivity contribution in [2.75, 3.05) is 0 Å². The van der Waals surface area contributed by atoms with Gasteiger partial charge in [-0.05, 0) is 43.2 Å². The minimum absolute atomic E-state index is 0.411. The molecule has 0 radical (unpaired) electrons. The van der Waals surface area contributed by atoms with Gasteiger partial charge in [0.25, 0.3) is 5.91 Å². The molecule has 1 aliphatic rings. The Bertz CT molecular complexity index is 775. The molecule has 0 fully saturated rings. The monoisotopic (exact) mass is 330 g/mol. The van der Waals surface area contributed by atoms with E-state index in [0.29, 0.717) is 9.94 Å². The van der Waals surface area contributed by atoms with E-state index in [4.69, 9.17) is 10.5 Å². The van der Waals surface area contributed by atoms with E-state index in [9.17, 15) is 4.79 Å². The number of fused-ring (bicyclic) bond motifs is 1. The number of thiophene rings is 1. The van der Waals surface area contributed by atoms with Gasteiger partial charge in [-0.25, -0.2) is 0 Å². The second-order valence-electron chi connectivity index (χ2n) is 4.96. The minimum Gasteiger partial charge on any atom is -0.446 e. The smallest absolute Gasteiger partial charge is 0.259 e. The summed E-state index contributed by atoms with van der Waals surface area (Å²) in [5.74, 6) is 0.318. The number of carbonyl (C=O) groups excluding carboxylic acids is 1. The quantitative estimate of drug-likeness (QED) is 0.873. The second-order valence-corrected chi connectivity index (χ2v) is 6.44. The van der Waals surface area contributed by atoms with Crippen molar-refractivity contribution in [2.24, 2.45) is 5.73 Å². The molecule has 1 aliphatic carbocycles. The molecule has 1 amide bonds. The van der Waals surface area contributed by atoms with Gasteiger partial charge in [-0.1, -0.05) is 42.2 Å². The van der Waals surface area contributed by atoms with Crippen LogP contribution in [0.2, 0.25) is 0 Å². The van der Waals surface area contributed by atoms with E-state index in [-0.39, 0.29) is 0 Å². The second kappa shape index (κ2) is 6.02. The number of ether oxygens (including phenoxy) is 1. The van der Waals surface area contributed by atoms with E-state index in [1.54, 1.807) is 0 Å². The van der Waals surface area contributed by atoms with Crippen LogP contribution in [0.15, 0.2) is 48.6 Å². The molecule has 5 heteroatoms. The summed E-state index contributed by atoms with van der Waals surface area (Å²) in [4.78, 5) is 13.2. The van der Waals surface area contributed by atoms with Gasteiger partial charge < -0.3 is 10.5 Å². The van der Waals surface area contributed by atoms with Gasteiger partial charge >= 0.3 is 0 Å². The third-order valence-electron chi connectivity index (χ3n) is 3.61. The fourth-order valence-electron chi connectivity index (χ4n) is 2.55.